The van der Waals surface area contributed by atoms with Gasteiger partial charge in [0.2, 0.25) is 0 Å². The van der Waals surface area contributed by atoms with Crippen LogP contribution in [0.4, 0.5) is 23.7 Å². The third kappa shape index (κ3) is 4.60. The highest BCUT2D eigenvalue weighted by molar-refractivity contribution is 7.13. The van der Waals surface area contributed by atoms with Crippen molar-refractivity contribution in [2.45, 2.75) is 12.7 Å². The Hall–Kier alpha value is -2.87. The number of pyridine rings is 1. The van der Waals surface area contributed by atoms with E-state index in [9.17, 15) is 18.0 Å². The van der Waals surface area contributed by atoms with E-state index in [1.54, 1.807) is 23.7 Å². The van der Waals surface area contributed by atoms with Crippen molar-refractivity contribution in [3.05, 3.63) is 71.4 Å². The molecule has 2 heterocycles. The SMILES string of the molecule is O=C(NCc1cncc(-c2cccs2)c1)Nc1ccc(C(F)(F)F)cc1. The molecule has 8 heteroatoms. The minimum Gasteiger partial charge on any atom is -0.334 e. The van der Waals surface area contributed by atoms with Crippen LogP contribution in [0, 0.1) is 0 Å². The number of nitrogens with zero attached hydrogens (tertiary/aromatic N) is 1. The van der Waals surface area contributed by atoms with Gasteiger partial charge in [0.05, 0.1) is 5.56 Å². The Labute approximate surface area is 151 Å². The van der Waals surface area contributed by atoms with E-state index in [0.717, 1.165) is 28.1 Å². The summed E-state index contributed by atoms with van der Waals surface area (Å²) in [6, 6.07) is 9.61. The summed E-state index contributed by atoms with van der Waals surface area (Å²) in [5, 5.41) is 7.12. The lowest BCUT2D eigenvalue weighted by Crippen LogP contribution is -2.28. The molecule has 0 aliphatic heterocycles. The van der Waals surface area contributed by atoms with Gasteiger partial charge in [0.25, 0.3) is 0 Å². The van der Waals surface area contributed by atoms with Gasteiger partial charge in [0.1, 0.15) is 0 Å². The second-order valence-electron chi connectivity index (χ2n) is 5.44. The smallest absolute Gasteiger partial charge is 0.334 e. The van der Waals surface area contributed by atoms with E-state index < -0.39 is 17.8 Å². The van der Waals surface area contributed by atoms with Gasteiger partial charge in [-0.3, -0.25) is 4.98 Å². The predicted octanol–water partition coefficient (Wildman–Crippen LogP) is 5.15. The molecule has 4 nitrogen and oxygen atoms in total. The Bertz CT molecular complexity index is 877. The first-order valence-electron chi connectivity index (χ1n) is 7.62. The lowest BCUT2D eigenvalue weighted by atomic mass is 10.2. The highest BCUT2D eigenvalue weighted by atomic mass is 32.1. The van der Waals surface area contributed by atoms with Crippen LogP contribution < -0.4 is 10.6 Å². The zero-order valence-corrected chi connectivity index (χ0v) is 14.2. The average Bonchev–Trinajstić information content (AvgIpc) is 3.15. The van der Waals surface area contributed by atoms with Gasteiger partial charge in [-0.15, -0.1) is 11.3 Å². The van der Waals surface area contributed by atoms with E-state index in [1.807, 2.05) is 23.6 Å². The summed E-state index contributed by atoms with van der Waals surface area (Å²) in [5.74, 6) is 0. The largest absolute Gasteiger partial charge is 0.416 e. The fraction of sp³-hybridized carbons (Fsp3) is 0.111. The lowest BCUT2D eigenvalue weighted by Gasteiger charge is -2.10. The van der Waals surface area contributed by atoms with Crippen molar-refractivity contribution in [2.24, 2.45) is 0 Å². The Kier molecular flexibility index (Phi) is 5.22. The second-order valence-corrected chi connectivity index (χ2v) is 6.39. The van der Waals surface area contributed by atoms with Crippen molar-refractivity contribution >= 4 is 23.1 Å². The third-order valence-electron chi connectivity index (χ3n) is 3.52. The maximum absolute atomic E-state index is 12.5. The molecule has 0 aliphatic carbocycles. The normalized spacial score (nSPS) is 11.2. The zero-order chi connectivity index (χ0) is 18.6. The maximum atomic E-state index is 12.5. The molecule has 0 atom stereocenters. The van der Waals surface area contributed by atoms with Gasteiger partial charge in [0.15, 0.2) is 0 Å². The quantitative estimate of drug-likeness (QED) is 0.661. The number of thiophene rings is 1. The van der Waals surface area contributed by atoms with Crippen molar-refractivity contribution < 1.29 is 18.0 Å². The number of urea groups is 1. The van der Waals surface area contributed by atoms with E-state index in [2.05, 4.69) is 15.6 Å². The summed E-state index contributed by atoms with van der Waals surface area (Å²) in [5.41, 5.74) is 1.29. The van der Waals surface area contributed by atoms with Crippen LogP contribution in [0.25, 0.3) is 10.4 Å². The fourth-order valence-electron chi connectivity index (χ4n) is 2.26. The molecule has 0 bridgehead atoms. The van der Waals surface area contributed by atoms with Crippen LogP contribution in [0.5, 0.6) is 0 Å². The molecule has 0 spiro atoms. The molecule has 0 fully saturated rings. The summed E-state index contributed by atoms with van der Waals surface area (Å²) in [7, 11) is 0. The maximum Gasteiger partial charge on any atom is 0.416 e. The average molecular weight is 377 g/mol. The van der Waals surface area contributed by atoms with Crippen LogP contribution in [0.2, 0.25) is 0 Å². The molecule has 0 saturated carbocycles. The van der Waals surface area contributed by atoms with Crippen molar-refractivity contribution in [2.75, 3.05) is 5.32 Å². The standard InChI is InChI=1S/C18H14F3N3OS/c19-18(20,21)14-3-5-15(6-4-14)24-17(25)23-10-12-8-13(11-22-9-12)16-2-1-7-26-16/h1-9,11H,10H2,(H2,23,24,25). The summed E-state index contributed by atoms with van der Waals surface area (Å²) in [6.07, 6.45) is -1.01. The number of benzene rings is 1. The topological polar surface area (TPSA) is 54.0 Å². The summed E-state index contributed by atoms with van der Waals surface area (Å²) in [4.78, 5) is 17.2. The molecule has 2 amide bonds. The minimum absolute atomic E-state index is 0.249. The monoisotopic (exact) mass is 377 g/mol. The zero-order valence-electron chi connectivity index (χ0n) is 13.4. The van der Waals surface area contributed by atoms with Crippen LogP contribution in [0.1, 0.15) is 11.1 Å². The number of alkyl halides is 3. The first-order chi connectivity index (χ1) is 12.4. The van der Waals surface area contributed by atoms with Gasteiger partial charge >= 0.3 is 12.2 Å². The number of carbonyl (C=O) groups is 1. The minimum atomic E-state index is -4.40. The molecule has 3 rings (SSSR count). The molecule has 2 aromatic heterocycles. The molecular formula is C18H14F3N3OS. The second kappa shape index (κ2) is 7.57. The van der Waals surface area contributed by atoms with Gasteiger partial charge in [-0.1, -0.05) is 6.07 Å². The van der Waals surface area contributed by atoms with E-state index >= 15 is 0 Å². The third-order valence-corrected chi connectivity index (χ3v) is 4.44. The van der Waals surface area contributed by atoms with E-state index in [1.165, 1.54) is 12.1 Å². The molecule has 0 aliphatic rings. The molecule has 0 unspecified atom stereocenters. The number of aromatic nitrogens is 1. The Morgan fingerprint density at radius 1 is 1.12 bits per heavy atom. The van der Waals surface area contributed by atoms with Crippen molar-refractivity contribution in [3.63, 3.8) is 0 Å². The molecule has 0 saturated heterocycles. The van der Waals surface area contributed by atoms with E-state index in [-0.39, 0.29) is 12.2 Å². The van der Waals surface area contributed by atoms with Crippen molar-refractivity contribution in [3.8, 4) is 10.4 Å². The molecular weight excluding hydrogens is 363 g/mol. The summed E-state index contributed by atoms with van der Waals surface area (Å²) < 4.78 is 37.6. The number of rotatable bonds is 4. The first-order valence-corrected chi connectivity index (χ1v) is 8.50. The highest BCUT2D eigenvalue weighted by Crippen LogP contribution is 2.29. The van der Waals surface area contributed by atoms with E-state index in [4.69, 9.17) is 0 Å². The Morgan fingerprint density at radius 2 is 1.88 bits per heavy atom. The van der Waals surface area contributed by atoms with Gasteiger partial charge in [-0.05, 0) is 47.3 Å². The van der Waals surface area contributed by atoms with Crippen LogP contribution in [-0.4, -0.2) is 11.0 Å². The highest BCUT2D eigenvalue weighted by Gasteiger charge is 2.29. The predicted molar refractivity (Wildman–Crippen MR) is 94.9 cm³/mol. The molecule has 134 valence electrons. The van der Waals surface area contributed by atoms with Crippen LogP contribution in [0.3, 0.4) is 0 Å². The van der Waals surface area contributed by atoms with Crippen molar-refractivity contribution in [1.82, 2.24) is 10.3 Å². The summed E-state index contributed by atoms with van der Waals surface area (Å²) >= 11 is 1.59. The van der Waals surface area contributed by atoms with Crippen LogP contribution in [0.15, 0.2) is 60.2 Å². The number of amides is 2. The van der Waals surface area contributed by atoms with Crippen LogP contribution >= 0.6 is 11.3 Å². The van der Waals surface area contributed by atoms with Gasteiger partial charge < -0.3 is 10.6 Å². The van der Waals surface area contributed by atoms with Gasteiger partial charge in [-0.2, -0.15) is 13.2 Å². The van der Waals surface area contributed by atoms with Gasteiger partial charge in [0, 0.05) is 35.1 Å². The number of nitrogens with one attached hydrogen (secondary N) is 2. The molecule has 3 aromatic rings. The molecule has 0 radical (unpaired) electrons. The van der Waals surface area contributed by atoms with Gasteiger partial charge in [-0.25, -0.2) is 4.79 Å². The molecule has 26 heavy (non-hydrogen) atoms. The number of hydrogen-bond donors (Lipinski definition) is 2. The number of carbonyl (C=O) groups excluding carboxylic acids is 1. The molecule has 2 N–H and O–H groups in total. The molecule has 1 aromatic carbocycles. The Balaban J connectivity index is 1.57. The summed E-state index contributed by atoms with van der Waals surface area (Å²) in [6.45, 7) is 0.249. The number of anilines is 1. The number of hydrogen-bond acceptors (Lipinski definition) is 3. The van der Waals surface area contributed by atoms with E-state index in [0.29, 0.717) is 0 Å². The fourth-order valence-corrected chi connectivity index (χ4v) is 2.97. The number of halogens is 3. The lowest BCUT2D eigenvalue weighted by molar-refractivity contribution is -0.137. The first kappa shape index (κ1) is 17.9. The Morgan fingerprint density at radius 3 is 2.54 bits per heavy atom. The van der Waals surface area contributed by atoms with Crippen molar-refractivity contribution in [1.29, 1.82) is 0 Å². The van der Waals surface area contributed by atoms with Crippen LogP contribution in [-0.2, 0) is 12.7 Å².